The van der Waals surface area contributed by atoms with Crippen molar-refractivity contribution in [2.75, 3.05) is 5.75 Å². The Morgan fingerprint density at radius 2 is 1.71 bits per heavy atom. The van der Waals surface area contributed by atoms with Crippen molar-refractivity contribution in [2.24, 2.45) is 0 Å². The lowest BCUT2D eigenvalue weighted by Gasteiger charge is -2.11. The number of rotatable bonds is 3. The molecule has 0 aliphatic heterocycles. The molecule has 0 saturated carbocycles. The molecular formula is C10H11F3O3S. The van der Waals surface area contributed by atoms with Crippen LogP contribution in [0.1, 0.15) is 24.0 Å². The molecule has 1 aromatic rings. The van der Waals surface area contributed by atoms with E-state index in [1.165, 1.54) is 19.1 Å². The first kappa shape index (κ1) is 14.0. The minimum Gasteiger partial charge on any atom is -0.286 e. The summed E-state index contributed by atoms with van der Waals surface area (Å²) >= 11 is 0. The van der Waals surface area contributed by atoms with Gasteiger partial charge in [0.2, 0.25) is 0 Å². The second-order valence-corrected chi connectivity index (χ2v) is 5.27. The van der Waals surface area contributed by atoms with E-state index in [1.807, 2.05) is 0 Å². The van der Waals surface area contributed by atoms with Crippen molar-refractivity contribution in [1.29, 1.82) is 0 Å². The molecule has 1 rings (SSSR count). The van der Waals surface area contributed by atoms with Gasteiger partial charge in [0, 0.05) is 0 Å². The number of alkyl halides is 3. The third-order valence-electron chi connectivity index (χ3n) is 2.27. The van der Waals surface area contributed by atoms with E-state index in [9.17, 15) is 21.6 Å². The summed E-state index contributed by atoms with van der Waals surface area (Å²) in [5, 5.41) is 0. The van der Waals surface area contributed by atoms with Crippen molar-refractivity contribution in [3.63, 3.8) is 0 Å². The summed E-state index contributed by atoms with van der Waals surface area (Å²) in [5.74, 6) is -1.08. The highest BCUT2D eigenvalue weighted by Crippen LogP contribution is 2.30. The van der Waals surface area contributed by atoms with Gasteiger partial charge in [-0.2, -0.15) is 21.6 Å². The van der Waals surface area contributed by atoms with Crippen molar-refractivity contribution in [3.05, 3.63) is 35.4 Å². The van der Waals surface area contributed by atoms with Gasteiger partial charge in [0.15, 0.2) is 0 Å². The molecular weight excluding hydrogens is 257 g/mol. The summed E-state index contributed by atoms with van der Waals surface area (Å²) in [7, 11) is -4.13. The maximum absolute atomic E-state index is 12.3. The van der Waals surface area contributed by atoms with Gasteiger partial charge in [-0.25, -0.2) is 0 Å². The highest BCUT2D eigenvalue weighted by molar-refractivity contribution is 7.85. The number of halogens is 3. The molecule has 3 nitrogen and oxygen atoms in total. The normalized spacial score (nSPS) is 14.6. The van der Waals surface area contributed by atoms with E-state index >= 15 is 0 Å². The van der Waals surface area contributed by atoms with Crippen molar-refractivity contribution in [2.45, 2.75) is 19.0 Å². The van der Waals surface area contributed by atoms with Crippen LogP contribution in [0.3, 0.4) is 0 Å². The average molecular weight is 268 g/mol. The van der Waals surface area contributed by atoms with Gasteiger partial charge in [0.25, 0.3) is 10.1 Å². The van der Waals surface area contributed by atoms with Gasteiger partial charge in [-0.1, -0.05) is 19.1 Å². The maximum Gasteiger partial charge on any atom is 0.416 e. The molecule has 0 spiro atoms. The SMILES string of the molecule is C[C@@H](CS(=O)(=O)O)c1ccc(C(F)(F)F)cc1. The summed E-state index contributed by atoms with van der Waals surface area (Å²) in [6.07, 6.45) is -4.41. The smallest absolute Gasteiger partial charge is 0.286 e. The van der Waals surface area contributed by atoms with Crippen LogP contribution in [0.5, 0.6) is 0 Å². The van der Waals surface area contributed by atoms with Gasteiger partial charge in [-0.05, 0) is 23.6 Å². The fourth-order valence-electron chi connectivity index (χ4n) is 1.41. The van der Waals surface area contributed by atoms with Crippen LogP contribution >= 0.6 is 0 Å². The molecule has 0 fully saturated rings. The Bertz CT molecular complexity index is 477. The Morgan fingerprint density at radius 3 is 2.06 bits per heavy atom. The van der Waals surface area contributed by atoms with Crippen LogP contribution in [-0.2, 0) is 16.3 Å². The first-order valence-corrected chi connectivity index (χ1v) is 6.33. The molecule has 1 atom stereocenters. The van der Waals surface area contributed by atoms with Crippen LogP contribution in [0.25, 0.3) is 0 Å². The summed E-state index contributed by atoms with van der Waals surface area (Å²) < 4.78 is 66.6. The standard InChI is InChI=1S/C10H11F3O3S/c1-7(6-17(14,15)16)8-2-4-9(5-3-8)10(11,12)13/h2-5,7H,6H2,1H3,(H,14,15,16)/t7-/m0/s1. The highest BCUT2D eigenvalue weighted by Gasteiger charge is 2.30. The van der Waals surface area contributed by atoms with Crippen molar-refractivity contribution < 1.29 is 26.1 Å². The van der Waals surface area contributed by atoms with E-state index in [1.54, 1.807) is 0 Å². The van der Waals surface area contributed by atoms with E-state index in [2.05, 4.69) is 0 Å². The molecule has 0 amide bonds. The molecule has 17 heavy (non-hydrogen) atoms. The first-order chi connectivity index (χ1) is 7.59. The Kier molecular flexibility index (Phi) is 3.83. The molecule has 0 saturated heterocycles. The quantitative estimate of drug-likeness (QED) is 0.857. The third kappa shape index (κ3) is 4.35. The summed E-state index contributed by atoms with van der Waals surface area (Å²) in [4.78, 5) is 0. The van der Waals surface area contributed by atoms with Gasteiger partial charge < -0.3 is 0 Å². The zero-order chi connectivity index (χ0) is 13.3. The Balaban J connectivity index is 2.88. The second-order valence-electron chi connectivity index (χ2n) is 3.77. The van der Waals surface area contributed by atoms with Crippen LogP contribution in [-0.4, -0.2) is 18.7 Å². The monoisotopic (exact) mass is 268 g/mol. The van der Waals surface area contributed by atoms with E-state index in [-0.39, 0.29) is 0 Å². The van der Waals surface area contributed by atoms with Gasteiger partial charge >= 0.3 is 6.18 Å². The van der Waals surface area contributed by atoms with E-state index in [4.69, 9.17) is 4.55 Å². The predicted molar refractivity (Wildman–Crippen MR) is 56.3 cm³/mol. The molecule has 1 N–H and O–H groups in total. The molecule has 0 aliphatic rings. The van der Waals surface area contributed by atoms with Crippen LogP contribution in [0.15, 0.2) is 24.3 Å². The lowest BCUT2D eigenvalue weighted by Crippen LogP contribution is -2.11. The molecule has 1 aromatic carbocycles. The lowest BCUT2D eigenvalue weighted by molar-refractivity contribution is -0.137. The zero-order valence-electron chi connectivity index (χ0n) is 8.90. The average Bonchev–Trinajstić information content (AvgIpc) is 2.14. The highest BCUT2D eigenvalue weighted by atomic mass is 32.2. The maximum atomic E-state index is 12.3. The molecule has 0 aliphatic carbocycles. The second kappa shape index (κ2) is 4.66. The van der Waals surface area contributed by atoms with E-state index in [0.29, 0.717) is 5.56 Å². The van der Waals surface area contributed by atoms with Crippen molar-refractivity contribution >= 4 is 10.1 Å². The minimum atomic E-state index is -4.41. The summed E-state index contributed by atoms with van der Waals surface area (Å²) in [6.45, 7) is 1.51. The Hall–Kier alpha value is -1.08. The molecule has 0 heterocycles. The summed E-state index contributed by atoms with van der Waals surface area (Å²) in [6, 6.07) is 4.18. The minimum absolute atomic E-state index is 0.427. The topological polar surface area (TPSA) is 54.4 Å². The molecule has 0 aromatic heterocycles. The fourth-order valence-corrected chi connectivity index (χ4v) is 2.24. The number of benzene rings is 1. The number of hydrogen-bond donors (Lipinski definition) is 1. The van der Waals surface area contributed by atoms with Crippen molar-refractivity contribution in [1.82, 2.24) is 0 Å². The van der Waals surface area contributed by atoms with Gasteiger partial charge in [-0.15, -0.1) is 0 Å². The largest absolute Gasteiger partial charge is 0.416 e. The van der Waals surface area contributed by atoms with Gasteiger partial charge in [-0.3, -0.25) is 4.55 Å². The van der Waals surface area contributed by atoms with Gasteiger partial charge in [0.1, 0.15) is 0 Å². The van der Waals surface area contributed by atoms with E-state index in [0.717, 1.165) is 12.1 Å². The molecule has 0 bridgehead atoms. The molecule has 0 unspecified atom stereocenters. The van der Waals surface area contributed by atoms with Crippen LogP contribution in [0, 0.1) is 0 Å². The number of hydrogen-bond acceptors (Lipinski definition) is 2. The molecule has 7 heteroatoms. The Labute approximate surface area is 97.0 Å². The van der Waals surface area contributed by atoms with Crippen LogP contribution < -0.4 is 0 Å². The van der Waals surface area contributed by atoms with E-state index < -0.39 is 33.5 Å². The van der Waals surface area contributed by atoms with Crippen LogP contribution in [0.4, 0.5) is 13.2 Å². The first-order valence-electron chi connectivity index (χ1n) is 4.72. The predicted octanol–water partition coefficient (Wildman–Crippen LogP) is 2.70. The van der Waals surface area contributed by atoms with Gasteiger partial charge in [0.05, 0.1) is 11.3 Å². The van der Waals surface area contributed by atoms with Crippen molar-refractivity contribution in [3.8, 4) is 0 Å². The molecule has 96 valence electrons. The lowest BCUT2D eigenvalue weighted by atomic mass is 10.0. The van der Waals surface area contributed by atoms with Crippen LogP contribution in [0.2, 0.25) is 0 Å². The summed E-state index contributed by atoms with van der Waals surface area (Å²) in [5.41, 5.74) is -0.365. The zero-order valence-corrected chi connectivity index (χ0v) is 9.72. The Morgan fingerprint density at radius 1 is 1.24 bits per heavy atom. The fraction of sp³-hybridized carbons (Fsp3) is 0.400. The molecule has 0 radical (unpaired) electrons. The third-order valence-corrected chi connectivity index (χ3v) is 3.19.